The average Bonchev–Trinajstić information content (AvgIpc) is 3.44. The Morgan fingerprint density at radius 3 is 2.87 bits per heavy atom. The van der Waals surface area contributed by atoms with Gasteiger partial charge in [0.15, 0.2) is 5.65 Å². The Balaban J connectivity index is 1.35. The zero-order valence-corrected chi connectivity index (χ0v) is 18.4. The minimum absolute atomic E-state index is 0.103. The maximum Gasteiger partial charge on any atom is 0.223 e. The molecule has 0 bridgehead atoms. The van der Waals surface area contributed by atoms with Crippen LogP contribution in [0.15, 0.2) is 30.3 Å². The van der Waals surface area contributed by atoms with Gasteiger partial charge in [-0.2, -0.15) is 5.10 Å². The van der Waals surface area contributed by atoms with Crippen LogP contribution in [0, 0.1) is 20.8 Å². The number of hydrogen-bond donors (Lipinski definition) is 0. The number of thiazole rings is 1. The van der Waals surface area contributed by atoms with Gasteiger partial charge in [-0.3, -0.25) is 4.79 Å². The molecule has 4 heterocycles. The summed E-state index contributed by atoms with van der Waals surface area (Å²) in [7, 11) is 0. The summed E-state index contributed by atoms with van der Waals surface area (Å²) >= 11 is 1.71. The fourth-order valence-electron chi connectivity index (χ4n) is 4.53. The Hall–Kier alpha value is -2.80. The van der Waals surface area contributed by atoms with Crippen molar-refractivity contribution < 1.29 is 4.79 Å². The summed E-state index contributed by atoms with van der Waals surface area (Å²) in [6.45, 7) is 6.87. The second-order valence-electron chi connectivity index (χ2n) is 8.08. The lowest BCUT2D eigenvalue weighted by Crippen LogP contribution is -2.30. The molecule has 4 aromatic rings. The minimum atomic E-state index is 0.103. The normalized spacial score (nSPS) is 16.8. The van der Waals surface area contributed by atoms with Crippen molar-refractivity contribution in [2.75, 3.05) is 6.54 Å². The van der Waals surface area contributed by atoms with E-state index >= 15 is 0 Å². The number of benzene rings is 1. The number of carbonyl (C=O) groups excluding carboxylic acids is 1. The van der Waals surface area contributed by atoms with E-state index in [0.717, 1.165) is 58.2 Å². The monoisotopic (exact) mass is 419 g/mol. The molecule has 1 fully saturated rings. The van der Waals surface area contributed by atoms with Gasteiger partial charge < -0.3 is 4.90 Å². The van der Waals surface area contributed by atoms with E-state index in [1.54, 1.807) is 11.3 Å². The number of hydrogen-bond acceptors (Lipinski definition) is 5. The third-order valence-electron chi connectivity index (χ3n) is 6.04. The number of aryl methyl sites for hydroxylation is 3. The standard InChI is InChI=1S/C23H25N5OS/c1-14-13-21-24-15(2)17(16(3)28(21)26-14)10-11-22(29)27-12-6-8-19(27)23-25-18-7-4-5-9-20(18)30-23/h4-5,7,9,13,19H,6,8,10-12H2,1-3H3/t19-/m1/s1. The molecule has 0 aliphatic carbocycles. The molecule has 0 spiro atoms. The summed E-state index contributed by atoms with van der Waals surface area (Å²) in [5, 5.41) is 5.60. The van der Waals surface area contributed by atoms with E-state index in [1.165, 1.54) is 4.70 Å². The first-order chi connectivity index (χ1) is 14.5. The summed E-state index contributed by atoms with van der Waals surface area (Å²) in [6.07, 6.45) is 3.19. The fourth-order valence-corrected chi connectivity index (χ4v) is 5.65. The molecule has 5 rings (SSSR count). The van der Waals surface area contributed by atoms with Gasteiger partial charge in [0.1, 0.15) is 5.01 Å². The zero-order valence-electron chi connectivity index (χ0n) is 17.6. The van der Waals surface area contributed by atoms with E-state index in [1.807, 2.05) is 47.5 Å². The molecule has 0 radical (unpaired) electrons. The maximum atomic E-state index is 13.2. The van der Waals surface area contributed by atoms with E-state index in [-0.39, 0.29) is 11.9 Å². The Morgan fingerprint density at radius 1 is 1.20 bits per heavy atom. The van der Waals surface area contributed by atoms with Crippen molar-refractivity contribution >= 4 is 33.1 Å². The lowest BCUT2D eigenvalue weighted by molar-refractivity contribution is -0.132. The zero-order chi connectivity index (χ0) is 20.8. The van der Waals surface area contributed by atoms with E-state index in [4.69, 9.17) is 4.98 Å². The van der Waals surface area contributed by atoms with Crippen LogP contribution >= 0.6 is 11.3 Å². The van der Waals surface area contributed by atoms with Crippen LogP contribution in [0.1, 0.15) is 53.0 Å². The first-order valence-electron chi connectivity index (χ1n) is 10.5. The highest BCUT2D eigenvalue weighted by Crippen LogP contribution is 2.37. The van der Waals surface area contributed by atoms with Crippen LogP contribution in [-0.2, 0) is 11.2 Å². The number of amides is 1. The van der Waals surface area contributed by atoms with Crippen molar-refractivity contribution in [1.29, 1.82) is 0 Å². The van der Waals surface area contributed by atoms with Gasteiger partial charge in [0.2, 0.25) is 5.91 Å². The van der Waals surface area contributed by atoms with Crippen molar-refractivity contribution in [2.24, 2.45) is 0 Å². The third-order valence-corrected chi connectivity index (χ3v) is 7.18. The van der Waals surface area contributed by atoms with Gasteiger partial charge >= 0.3 is 0 Å². The highest BCUT2D eigenvalue weighted by molar-refractivity contribution is 7.18. The molecule has 0 unspecified atom stereocenters. The SMILES string of the molecule is Cc1cc2nc(C)c(CCC(=O)N3CCC[C@@H]3c3nc4ccccc4s3)c(C)n2n1. The van der Waals surface area contributed by atoms with Crippen LogP contribution in [0.25, 0.3) is 15.9 Å². The van der Waals surface area contributed by atoms with Gasteiger partial charge in [-0.25, -0.2) is 14.5 Å². The van der Waals surface area contributed by atoms with Gasteiger partial charge in [-0.05, 0) is 57.7 Å². The van der Waals surface area contributed by atoms with Crippen LogP contribution < -0.4 is 0 Å². The molecule has 1 saturated heterocycles. The molecule has 154 valence electrons. The first kappa shape index (κ1) is 19.2. The molecule has 1 atom stereocenters. The predicted molar refractivity (Wildman–Crippen MR) is 119 cm³/mol. The van der Waals surface area contributed by atoms with E-state index in [9.17, 15) is 4.79 Å². The Morgan fingerprint density at radius 2 is 2.03 bits per heavy atom. The molecular weight excluding hydrogens is 394 g/mol. The fraction of sp³-hybridized carbons (Fsp3) is 0.391. The molecule has 30 heavy (non-hydrogen) atoms. The number of likely N-dealkylation sites (tertiary alicyclic amines) is 1. The first-order valence-corrected chi connectivity index (χ1v) is 11.3. The smallest absolute Gasteiger partial charge is 0.223 e. The number of fused-ring (bicyclic) bond motifs is 2. The van der Waals surface area contributed by atoms with Crippen molar-refractivity contribution in [2.45, 2.75) is 52.5 Å². The summed E-state index contributed by atoms with van der Waals surface area (Å²) < 4.78 is 3.08. The van der Waals surface area contributed by atoms with Gasteiger partial charge in [0.05, 0.1) is 22.0 Å². The maximum absolute atomic E-state index is 13.2. The van der Waals surface area contributed by atoms with Crippen LogP contribution in [-0.4, -0.2) is 36.9 Å². The van der Waals surface area contributed by atoms with Gasteiger partial charge in [-0.15, -0.1) is 11.3 Å². The Labute approximate surface area is 179 Å². The molecule has 1 aromatic carbocycles. The molecule has 7 heteroatoms. The minimum Gasteiger partial charge on any atom is -0.333 e. The van der Waals surface area contributed by atoms with Crippen molar-refractivity contribution in [3.05, 3.63) is 58.0 Å². The molecular formula is C23H25N5OS. The van der Waals surface area contributed by atoms with Crippen molar-refractivity contribution in [1.82, 2.24) is 24.5 Å². The topological polar surface area (TPSA) is 63.4 Å². The predicted octanol–water partition coefficient (Wildman–Crippen LogP) is 4.56. The van der Waals surface area contributed by atoms with Crippen LogP contribution in [0.3, 0.4) is 0 Å². The van der Waals surface area contributed by atoms with Crippen LogP contribution in [0.2, 0.25) is 0 Å². The molecule has 6 nitrogen and oxygen atoms in total. The number of nitrogens with zero attached hydrogens (tertiary/aromatic N) is 5. The Bertz CT molecular complexity index is 1220. The van der Waals surface area contributed by atoms with E-state index in [0.29, 0.717) is 12.8 Å². The molecule has 1 amide bonds. The number of aromatic nitrogens is 4. The van der Waals surface area contributed by atoms with Crippen LogP contribution in [0.5, 0.6) is 0 Å². The molecule has 3 aromatic heterocycles. The van der Waals surface area contributed by atoms with Gasteiger partial charge in [0, 0.05) is 30.4 Å². The molecule has 0 saturated carbocycles. The second-order valence-corrected chi connectivity index (χ2v) is 9.14. The highest BCUT2D eigenvalue weighted by Gasteiger charge is 2.32. The Kier molecular flexibility index (Phi) is 4.77. The second kappa shape index (κ2) is 7.47. The van der Waals surface area contributed by atoms with Gasteiger partial charge in [0.25, 0.3) is 0 Å². The summed E-state index contributed by atoms with van der Waals surface area (Å²) in [6, 6.07) is 10.3. The number of para-hydroxylation sites is 1. The highest BCUT2D eigenvalue weighted by atomic mass is 32.1. The van der Waals surface area contributed by atoms with Crippen LogP contribution in [0.4, 0.5) is 0 Å². The third kappa shape index (κ3) is 3.27. The summed E-state index contributed by atoms with van der Waals surface area (Å²) in [4.78, 5) is 24.7. The van der Waals surface area contributed by atoms with Gasteiger partial charge in [-0.1, -0.05) is 12.1 Å². The number of rotatable bonds is 4. The summed E-state index contributed by atoms with van der Waals surface area (Å²) in [5.41, 5.74) is 6.02. The quantitative estimate of drug-likeness (QED) is 0.486. The molecule has 1 aliphatic heterocycles. The molecule has 0 N–H and O–H groups in total. The lowest BCUT2D eigenvalue weighted by atomic mass is 10.1. The van der Waals surface area contributed by atoms with E-state index < -0.39 is 0 Å². The average molecular weight is 420 g/mol. The van der Waals surface area contributed by atoms with Crippen molar-refractivity contribution in [3.63, 3.8) is 0 Å². The van der Waals surface area contributed by atoms with E-state index in [2.05, 4.69) is 23.1 Å². The summed E-state index contributed by atoms with van der Waals surface area (Å²) in [5.74, 6) is 0.201. The molecule has 1 aliphatic rings. The number of carbonyl (C=O) groups is 1. The largest absolute Gasteiger partial charge is 0.333 e. The lowest BCUT2D eigenvalue weighted by Gasteiger charge is -2.23. The van der Waals surface area contributed by atoms with Crippen molar-refractivity contribution in [3.8, 4) is 0 Å².